The number of allylic oxidation sites excluding steroid dienone is 3. The van der Waals surface area contributed by atoms with Crippen LogP contribution in [-0.4, -0.2) is 26.2 Å². The number of methoxy groups -OCH3 is 2. The Bertz CT molecular complexity index is 758. The van der Waals surface area contributed by atoms with E-state index in [0.29, 0.717) is 11.5 Å². The lowest BCUT2D eigenvalue weighted by molar-refractivity contribution is -0.149. The highest BCUT2D eigenvalue weighted by atomic mass is 16.5. The standard InChI is InChI=1S/C18H18O5/c1-10-9-11(16(19)21-3)14(17(20)22-4)18(2)12-7-5-6-8-13(12)23-15(10)18/h5-9,14H,1-4H3. The molecule has 1 aromatic rings. The van der Waals surface area contributed by atoms with Crippen molar-refractivity contribution in [2.45, 2.75) is 19.3 Å². The smallest absolute Gasteiger partial charge is 0.334 e. The molecule has 120 valence electrons. The van der Waals surface area contributed by atoms with E-state index in [1.807, 2.05) is 38.1 Å². The summed E-state index contributed by atoms with van der Waals surface area (Å²) in [5.74, 6) is -0.485. The second-order valence-corrected chi connectivity index (χ2v) is 5.86. The second kappa shape index (κ2) is 5.26. The predicted molar refractivity (Wildman–Crippen MR) is 82.7 cm³/mol. The normalized spacial score (nSPS) is 25.0. The molecular formula is C18H18O5. The van der Waals surface area contributed by atoms with Crippen LogP contribution < -0.4 is 4.74 Å². The molecule has 2 unspecified atom stereocenters. The number of carbonyl (C=O) groups is 2. The van der Waals surface area contributed by atoms with E-state index in [1.54, 1.807) is 6.08 Å². The first kappa shape index (κ1) is 15.3. The fourth-order valence-corrected chi connectivity index (χ4v) is 3.57. The summed E-state index contributed by atoms with van der Waals surface area (Å²) in [5.41, 5.74) is 1.14. The fourth-order valence-electron chi connectivity index (χ4n) is 3.57. The van der Waals surface area contributed by atoms with Gasteiger partial charge in [-0.25, -0.2) is 4.79 Å². The summed E-state index contributed by atoms with van der Waals surface area (Å²) in [6.45, 7) is 3.76. The highest BCUT2D eigenvalue weighted by Crippen LogP contribution is 2.55. The minimum absolute atomic E-state index is 0.281. The van der Waals surface area contributed by atoms with E-state index in [9.17, 15) is 9.59 Å². The van der Waals surface area contributed by atoms with Crippen LogP contribution in [0.1, 0.15) is 19.4 Å². The summed E-state index contributed by atoms with van der Waals surface area (Å²) in [6.07, 6.45) is 1.65. The van der Waals surface area contributed by atoms with E-state index in [0.717, 1.165) is 11.1 Å². The van der Waals surface area contributed by atoms with Crippen LogP contribution in [0.5, 0.6) is 5.75 Å². The molecule has 0 fully saturated rings. The lowest BCUT2D eigenvalue weighted by Gasteiger charge is -2.36. The van der Waals surface area contributed by atoms with Crippen molar-refractivity contribution in [3.05, 3.63) is 52.8 Å². The number of benzene rings is 1. The van der Waals surface area contributed by atoms with Gasteiger partial charge < -0.3 is 14.2 Å². The maximum Gasteiger partial charge on any atom is 0.334 e. The molecule has 0 aromatic heterocycles. The summed E-state index contributed by atoms with van der Waals surface area (Å²) in [4.78, 5) is 24.7. The lowest BCUT2D eigenvalue weighted by Crippen LogP contribution is -2.43. The molecule has 0 saturated heterocycles. The summed E-state index contributed by atoms with van der Waals surface area (Å²) in [7, 11) is 2.61. The van der Waals surface area contributed by atoms with E-state index < -0.39 is 23.3 Å². The third-order valence-electron chi connectivity index (χ3n) is 4.61. The first-order chi connectivity index (χ1) is 10.9. The fraction of sp³-hybridized carbons (Fsp3) is 0.333. The zero-order chi connectivity index (χ0) is 16.8. The molecule has 2 atom stereocenters. The average molecular weight is 314 g/mol. The van der Waals surface area contributed by atoms with Gasteiger partial charge in [0.1, 0.15) is 17.4 Å². The summed E-state index contributed by atoms with van der Waals surface area (Å²) in [5, 5.41) is 0. The molecule has 5 nitrogen and oxygen atoms in total. The Labute approximate surface area is 134 Å². The number of ether oxygens (including phenoxy) is 3. The number of fused-ring (bicyclic) bond motifs is 3. The summed E-state index contributed by atoms with van der Waals surface area (Å²) in [6, 6.07) is 7.52. The van der Waals surface area contributed by atoms with E-state index in [-0.39, 0.29) is 5.57 Å². The molecule has 1 aromatic carbocycles. The molecule has 1 aliphatic heterocycles. The van der Waals surface area contributed by atoms with Crippen LogP contribution in [0.4, 0.5) is 0 Å². The third kappa shape index (κ3) is 2.00. The average Bonchev–Trinajstić information content (AvgIpc) is 2.87. The van der Waals surface area contributed by atoms with Crippen LogP contribution in [-0.2, 0) is 24.5 Å². The molecule has 0 N–H and O–H groups in total. The van der Waals surface area contributed by atoms with Crippen molar-refractivity contribution in [1.29, 1.82) is 0 Å². The van der Waals surface area contributed by atoms with Crippen LogP contribution in [0.2, 0.25) is 0 Å². The zero-order valence-electron chi connectivity index (χ0n) is 13.5. The summed E-state index contributed by atoms with van der Waals surface area (Å²) >= 11 is 0. The van der Waals surface area contributed by atoms with Gasteiger partial charge in [0.15, 0.2) is 0 Å². The van der Waals surface area contributed by atoms with Gasteiger partial charge in [0.05, 0.1) is 25.2 Å². The van der Waals surface area contributed by atoms with Gasteiger partial charge in [-0.05, 0) is 31.6 Å². The molecule has 2 aliphatic rings. The molecule has 5 heteroatoms. The Hall–Kier alpha value is -2.56. The maximum atomic E-state index is 12.5. The molecule has 1 heterocycles. The van der Waals surface area contributed by atoms with Gasteiger partial charge in [0.2, 0.25) is 0 Å². The monoisotopic (exact) mass is 314 g/mol. The van der Waals surface area contributed by atoms with Gasteiger partial charge in [0, 0.05) is 5.56 Å². The van der Waals surface area contributed by atoms with E-state index in [4.69, 9.17) is 14.2 Å². The quantitative estimate of drug-likeness (QED) is 0.785. The Morgan fingerprint density at radius 2 is 1.87 bits per heavy atom. The summed E-state index contributed by atoms with van der Waals surface area (Å²) < 4.78 is 15.8. The van der Waals surface area contributed by atoms with Crippen LogP contribution >= 0.6 is 0 Å². The third-order valence-corrected chi connectivity index (χ3v) is 4.61. The number of carbonyl (C=O) groups excluding carboxylic acids is 2. The van der Waals surface area contributed by atoms with Crippen molar-refractivity contribution < 1.29 is 23.8 Å². The molecule has 0 amide bonds. The van der Waals surface area contributed by atoms with Crippen molar-refractivity contribution in [2.75, 3.05) is 14.2 Å². The Morgan fingerprint density at radius 3 is 2.52 bits per heavy atom. The SMILES string of the molecule is COC(=O)C1=CC(C)=C2Oc3ccccc3C2(C)C1C(=O)OC. The second-order valence-electron chi connectivity index (χ2n) is 5.86. The van der Waals surface area contributed by atoms with Crippen LogP contribution in [0, 0.1) is 5.92 Å². The van der Waals surface area contributed by atoms with Crippen molar-refractivity contribution in [2.24, 2.45) is 5.92 Å². The van der Waals surface area contributed by atoms with Crippen molar-refractivity contribution in [1.82, 2.24) is 0 Å². The topological polar surface area (TPSA) is 61.8 Å². The van der Waals surface area contributed by atoms with E-state index in [2.05, 4.69) is 0 Å². The molecular weight excluding hydrogens is 296 g/mol. The van der Waals surface area contributed by atoms with Crippen LogP contribution in [0.15, 0.2) is 47.2 Å². The first-order valence-electron chi connectivity index (χ1n) is 7.31. The van der Waals surface area contributed by atoms with Crippen LogP contribution in [0.3, 0.4) is 0 Å². The van der Waals surface area contributed by atoms with Crippen LogP contribution in [0.25, 0.3) is 0 Å². The Kier molecular flexibility index (Phi) is 3.51. The van der Waals surface area contributed by atoms with Gasteiger partial charge in [-0.15, -0.1) is 0 Å². The molecule has 0 saturated carbocycles. The number of rotatable bonds is 2. The molecule has 0 bridgehead atoms. The number of para-hydroxylation sites is 1. The largest absolute Gasteiger partial charge is 0.469 e. The minimum atomic E-state index is -0.817. The Morgan fingerprint density at radius 1 is 1.17 bits per heavy atom. The van der Waals surface area contributed by atoms with Crippen molar-refractivity contribution >= 4 is 11.9 Å². The lowest BCUT2D eigenvalue weighted by atomic mass is 9.64. The van der Waals surface area contributed by atoms with Gasteiger partial charge in [-0.1, -0.05) is 18.2 Å². The number of esters is 2. The van der Waals surface area contributed by atoms with Gasteiger partial charge in [0.25, 0.3) is 0 Å². The molecule has 3 rings (SSSR count). The zero-order valence-corrected chi connectivity index (χ0v) is 13.5. The number of hydrogen-bond acceptors (Lipinski definition) is 5. The molecule has 0 radical (unpaired) electrons. The number of hydrogen-bond donors (Lipinski definition) is 0. The molecule has 1 aliphatic carbocycles. The highest BCUT2D eigenvalue weighted by molar-refractivity contribution is 5.98. The van der Waals surface area contributed by atoms with Crippen molar-refractivity contribution in [3.8, 4) is 5.75 Å². The predicted octanol–water partition coefficient (Wildman–Crippen LogP) is 2.51. The first-order valence-corrected chi connectivity index (χ1v) is 7.31. The van der Waals surface area contributed by atoms with E-state index >= 15 is 0 Å². The van der Waals surface area contributed by atoms with Crippen molar-refractivity contribution in [3.63, 3.8) is 0 Å². The molecule has 0 spiro atoms. The minimum Gasteiger partial charge on any atom is -0.469 e. The van der Waals surface area contributed by atoms with Gasteiger partial charge >= 0.3 is 11.9 Å². The highest BCUT2D eigenvalue weighted by Gasteiger charge is 2.56. The van der Waals surface area contributed by atoms with Gasteiger partial charge in [-0.2, -0.15) is 0 Å². The maximum absolute atomic E-state index is 12.5. The van der Waals surface area contributed by atoms with E-state index in [1.165, 1.54) is 14.2 Å². The Balaban J connectivity index is 2.27. The van der Waals surface area contributed by atoms with Gasteiger partial charge in [-0.3, -0.25) is 4.79 Å². The molecule has 23 heavy (non-hydrogen) atoms.